The maximum Gasteiger partial charge on any atom is 0.465 e. The summed E-state index contributed by atoms with van der Waals surface area (Å²) in [5.41, 5.74) is 2.14. The van der Waals surface area contributed by atoms with E-state index in [2.05, 4.69) is 4.74 Å². The quantitative estimate of drug-likeness (QED) is 0.579. The van der Waals surface area contributed by atoms with Crippen molar-refractivity contribution >= 4 is 6.09 Å². The Hall–Kier alpha value is -2.11. The SMILES string of the molecule is O=C(N[N+](=O)[O-])OCc1ccccc1. The average Bonchev–Trinajstić information content (AvgIpc) is 2.15. The first-order valence-corrected chi connectivity index (χ1v) is 3.80. The third kappa shape index (κ3) is 3.53. The minimum atomic E-state index is -1.07. The first-order chi connectivity index (χ1) is 6.68. The zero-order chi connectivity index (χ0) is 10.4. The number of rotatable bonds is 3. The number of carbonyl (C=O) groups excluding carboxylic acids is 1. The van der Waals surface area contributed by atoms with E-state index >= 15 is 0 Å². The van der Waals surface area contributed by atoms with Crippen molar-refractivity contribution in [2.75, 3.05) is 0 Å². The van der Waals surface area contributed by atoms with Crippen LogP contribution in [-0.2, 0) is 11.3 Å². The van der Waals surface area contributed by atoms with E-state index in [1.54, 1.807) is 24.3 Å². The summed E-state index contributed by atoms with van der Waals surface area (Å²) < 4.78 is 4.55. The molecule has 0 heterocycles. The highest BCUT2D eigenvalue weighted by atomic mass is 16.7. The Morgan fingerprint density at radius 1 is 1.43 bits per heavy atom. The molecule has 1 rings (SSSR count). The van der Waals surface area contributed by atoms with Crippen LogP contribution < -0.4 is 5.43 Å². The number of carbonyl (C=O) groups is 1. The Bertz CT molecular complexity index is 325. The van der Waals surface area contributed by atoms with Crippen LogP contribution in [0.25, 0.3) is 0 Å². The molecule has 6 nitrogen and oxygen atoms in total. The van der Waals surface area contributed by atoms with Crippen molar-refractivity contribution in [2.24, 2.45) is 0 Å². The average molecular weight is 196 g/mol. The van der Waals surface area contributed by atoms with Crippen molar-refractivity contribution in [3.05, 3.63) is 46.0 Å². The number of nitro groups is 1. The van der Waals surface area contributed by atoms with Crippen LogP contribution in [0.5, 0.6) is 0 Å². The molecule has 74 valence electrons. The second-order valence-electron chi connectivity index (χ2n) is 2.43. The molecule has 1 aromatic rings. The van der Waals surface area contributed by atoms with Crippen molar-refractivity contribution in [2.45, 2.75) is 6.61 Å². The molecule has 0 saturated heterocycles. The molecule has 0 aliphatic rings. The maximum atomic E-state index is 10.7. The van der Waals surface area contributed by atoms with Gasteiger partial charge >= 0.3 is 6.09 Å². The number of hydrogen-bond acceptors (Lipinski definition) is 4. The Morgan fingerprint density at radius 3 is 2.64 bits per heavy atom. The van der Waals surface area contributed by atoms with Gasteiger partial charge in [-0.3, -0.25) is 0 Å². The maximum absolute atomic E-state index is 10.7. The number of benzene rings is 1. The smallest absolute Gasteiger partial charge is 0.441 e. The molecule has 0 aliphatic heterocycles. The molecule has 1 amide bonds. The number of ether oxygens (including phenoxy) is 1. The topological polar surface area (TPSA) is 81.5 Å². The van der Waals surface area contributed by atoms with Gasteiger partial charge < -0.3 is 4.74 Å². The van der Waals surface area contributed by atoms with Crippen LogP contribution in [0.4, 0.5) is 4.79 Å². The highest BCUT2D eigenvalue weighted by Gasteiger charge is 2.07. The van der Waals surface area contributed by atoms with E-state index in [4.69, 9.17) is 0 Å². The van der Waals surface area contributed by atoms with E-state index < -0.39 is 11.1 Å². The lowest BCUT2D eigenvalue weighted by Crippen LogP contribution is -2.29. The molecule has 1 N–H and O–H groups in total. The van der Waals surface area contributed by atoms with Crippen LogP contribution in [0.3, 0.4) is 0 Å². The van der Waals surface area contributed by atoms with Gasteiger partial charge in [-0.25, -0.2) is 14.9 Å². The first-order valence-electron chi connectivity index (χ1n) is 3.80. The van der Waals surface area contributed by atoms with Crippen LogP contribution in [0.1, 0.15) is 5.56 Å². The Kier molecular flexibility index (Phi) is 3.42. The van der Waals surface area contributed by atoms with Gasteiger partial charge in [0.15, 0.2) is 5.03 Å². The molecule has 0 aromatic heterocycles. The van der Waals surface area contributed by atoms with E-state index in [0.29, 0.717) is 0 Å². The van der Waals surface area contributed by atoms with E-state index in [1.807, 2.05) is 6.07 Å². The van der Waals surface area contributed by atoms with Crippen LogP contribution in [0.2, 0.25) is 0 Å². The molecular formula is C8H8N2O4. The molecule has 6 heteroatoms. The summed E-state index contributed by atoms with van der Waals surface area (Å²) >= 11 is 0. The summed E-state index contributed by atoms with van der Waals surface area (Å²) in [6.07, 6.45) is -1.07. The summed E-state index contributed by atoms with van der Waals surface area (Å²) in [5, 5.41) is 8.85. The van der Waals surface area contributed by atoms with E-state index in [9.17, 15) is 14.9 Å². The minimum absolute atomic E-state index is 0.0144. The highest BCUT2D eigenvalue weighted by molar-refractivity contribution is 5.65. The Labute approximate surface area is 79.6 Å². The molecule has 0 radical (unpaired) electrons. The summed E-state index contributed by atoms with van der Waals surface area (Å²) in [7, 11) is 0. The number of amides is 1. The standard InChI is InChI=1S/C8H8N2O4/c11-8(9-10(12)13)14-6-7-4-2-1-3-5-7/h1-5H,6H2,(H,9,11). The minimum Gasteiger partial charge on any atom is -0.441 e. The molecule has 0 saturated carbocycles. The lowest BCUT2D eigenvalue weighted by molar-refractivity contribution is -0.530. The van der Waals surface area contributed by atoms with Crippen molar-refractivity contribution < 1.29 is 14.6 Å². The van der Waals surface area contributed by atoms with Gasteiger partial charge in [-0.15, -0.1) is 0 Å². The Morgan fingerprint density at radius 2 is 2.07 bits per heavy atom. The van der Waals surface area contributed by atoms with Crippen LogP contribution >= 0.6 is 0 Å². The van der Waals surface area contributed by atoms with Crippen molar-refractivity contribution in [1.82, 2.24) is 5.43 Å². The van der Waals surface area contributed by atoms with E-state index in [1.165, 1.54) is 5.43 Å². The lowest BCUT2D eigenvalue weighted by atomic mass is 10.2. The predicted molar refractivity (Wildman–Crippen MR) is 46.8 cm³/mol. The second kappa shape index (κ2) is 4.80. The molecule has 0 bridgehead atoms. The predicted octanol–water partition coefficient (Wildman–Crippen LogP) is 1.10. The van der Waals surface area contributed by atoms with Gasteiger partial charge in [0.05, 0.1) is 0 Å². The molecule has 0 atom stereocenters. The van der Waals surface area contributed by atoms with Crippen molar-refractivity contribution in [3.63, 3.8) is 0 Å². The fourth-order valence-corrected chi connectivity index (χ4v) is 0.830. The van der Waals surface area contributed by atoms with E-state index in [0.717, 1.165) is 5.56 Å². The number of hydrazine groups is 1. The van der Waals surface area contributed by atoms with Gasteiger partial charge in [-0.1, -0.05) is 30.3 Å². The number of nitrogens with one attached hydrogen (secondary N) is 1. The lowest BCUT2D eigenvalue weighted by Gasteiger charge is -2.01. The summed E-state index contributed by atoms with van der Waals surface area (Å²) in [4.78, 5) is 20.5. The van der Waals surface area contributed by atoms with E-state index in [-0.39, 0.29) is 6.61 Å². The van der Waals surface area contributed by atoms with Gasteiger partial charge in [-0.2, -0.15) is 0 Å². The fourth-order valence-electron chi connectivity index (χ4n) is 0.830. The molecule has 0 spiro atoms. The fraction of sp³-hybridized carbons (Fsp3) is 0.125. The van der Waals surface area contributed by atoms with Crippen LogP contribution in [-0.4, -0.2) is 11.1 Å². The molecule has 0 unspecified atom stereocenters. The zero-order valence-electron chi connectivity index (χ0n) is 7.17. The zero-order valence-corrected chi connectivity index (χ0v) is 7.17. The van der Waals surface area contributed by atoms with Crippen molar-refractivity contribution in [1.29, 1.82) is 0 Å². The number of nitrogens with zero attached hydrogens (tertiary/aromatic N) is 1. The molecule has 1 aromatic carbocycles. The van der Waals surface area contributed by atoms with Gasteiger partial charge in [0.1, 0.15) is 6.61 Å². The van der Waals surface area contributed by atoms with Crippen LogP contribution in [0.15, 0.2) is 30.3 Å². The van der Waals surface area contributed by atoms with Gasteiger partial charge in [-0.05, 0) is 11.0 Å². The normalized spacial score (nSPS) is 9.14. The Balaban J connectivity index is 2.34. The molecular weight excluding hydrogens is 188 g/mol. The molecule has 0 aliphatic carbocycles. The third-order valence-corrected chi connectivity index (χ3v) is 1.40. The summed E-state index contributed by atoms with van der Waals surface area (Å²) in [6, 6.07) is 8.88. The van der Waals surface area contributed by atoms with Gasteiger partial charge in [0, 0.05) is 0 Å². The first kappa shape index (κ1) is 9.97. The summed E-state index contributed by atoms with van der Waals surface area (Å²) in [6.45, 7) is 0.0144. The van der Waals surface area contributed by atoms with Gasteiger partial charge in [0.25, 0.3) is 0 Å². The summed E-state index contributed by atoms with van der Waals surface area (Å²) in [5.74, 6) is 0. The molecule has 14 heavy (non-hydrogen) atoms. The van der Waals surface area contributed by atoms with Gasteiger partial charge in [0.2, 0.25) is 0 Å². The second-order valence-corrected chi connectivity index (χ2v) is 2.43. The number of hydrogen-bond donors (Lipinski definition) is 1. The third-order valence-electron chi connectivity index (χ3n) is 1.40. The monoisotopic (exact) mass is 196 g/mol. The largest absolute Gasteiger partial charge is 0.465 e. The highest BCUT2D eigenvalue weighted by Crippen LogP contribution is 2.00. The van der Waals surface area contributed by atoms with Crippen molar-refractivity contribution in [3.8, 4) is 0 Å². The van der Waals surface area contributed by atoms with Crippen LogP contribution in [0, 0.1) is 10.1 Å². The molecule has 0 fully saturated rings.